The van der Waals surface area contributed by atoms with Crippen LogP contribution in [0.4, 0.5) is 10.5 Å². The van der Waals surface area contributed by atoms with Crippen molar-refractivity contribution in [2.75, 3.05) is 18.4 Å². The lowest BCUT2D eigenvalue weighted by molar-refractivity contribution is 0.147. The van der Waals surface area contributed by atoms with Gasteiger partial charge >= 0.3 is 6.09 Å². The van der Waals surface area contributed by atoms with Crippen molar-refractivity contribution in [1.29, 1.82) is 0 Å². The number of ether oxygens (including phenoxy) is 2. The number of halogens is 1. The first-order valence-corrected chi connectivity index (χ1v) is 11.1. The van der Waals surface area contributed by atoms with E-state index in [9.17, 15) is 13.2 Å². The molecule has 0 saturated heterocycles. The van der Waals surface area contributed by atoms with Gasteiger partial charge in [-0.2, -0.15) is 0 Å². The Bertz CT molecular complexity index is 993. The number of benzene rings is 2. The number of rotatable bonds is 6. The molecule has 2 aromatic carbocycles. The fourth-order valence-electron chi connectivity index (χ4n) is 3.45. The van der Waals surface area contributed by atoms with E-state index in [0.717, 1.165) is 5.56 Å². The van der Waals surface area contributed by atoms with Gasteiger partial charge in [0, 0.05) is 22.3 Å². The molecule has 0 fully saturated rings. The van der Waals surface area contributed by atoms with Gasteiger partial charge in [0.2, 0.25) is 0 Å². The zero-order chi connectivity index (χ0) is 21.0. The minimum Gasteiger partial charge on any atom is -0.496 e. The molecule has 0 radical (unpaired) electrons. The van der Waals surface area contributed by atoms with Crippen LogP contribution in [0, 0.1) is 0 Å². The van der Waals surface area contributed by atoms with E-state index < -0.39 is 16.1 Å². The van der Waals surface area contributed by atoms with Crippen molar-refractivity contribution in [2.24, 2.45) is 0 Å². The Morgan fingerprint density at radius 3 is 2.55 bits per heavy atom. The lowest BCUT2D eigenvalue weighted by Crippen LogP contribution is -2.39. The maximum absolute atomic E-state index is 13.0. The number of amides is 1. The van der Waals surface area contributed by atoms with E-state index in [0.29, 0.717) is 41.3 Å². The van der Waals surface area contributed by atoms with Crippen molar-refractivity contribution in [3.63, 3.8) is 0 Å². The van der Waals surface area contributed by atoms with Gasteiger partial charge in [-0.25, -0.2) is 13.2 Å². The molecule has 1 amide bonds. The smallest absolute Gasteiger partial charge is 0.407 e. The predicted molar refractivity (Wildman–Crippen MR) is 111 cm³/mol. The van der Waals surface area contributed by atoms with E-state index in [1.165, 1.54) is 7.11 Å². The van der Waals surface area contributed by atoms with Crippen molar-refractivity contribution in [3.8, 4) is 5.75 Å². The van der Waals surface area contributed by atoms with Gasteiger partial charge in [-0.3, -0.25) is 4.72 Å². The first-order chi connectivity index (χ1) is 13.8. The maximum Gasteiger partial charge on any atom is 0.407 e. The topological polar surface area (TPSA) is 93.7 Å². The van der Waals surface area contributed by atoms with Crippen LogP contribution in [-0.2, 0) is 27.6 Å². The summed E-state index contributed by atoms with van der Waals surface area (Å²) in [5.74, 6) is 0.598. The van der Waals surface area contributed by atoms with Crippen LogP contribution >= 0.6 is 11.6 Å². The van der Waals surface area contributed by atoms with Crippen molar-refractivity contribution >= 4 is 33.4 Å². The molecule has 2 N–H and O–H groups in total. The van der Waals surface area contributed by atoms with E-state index in [2.05, 4.69) is 10.0 Å². The molecule has 0 unspecified atom stereocenters. The quantitative estimate of drug-likeness (QED) is 0.716. The normalized spacial score (nSPS) is 15.9. The molecular formula is C20H23ClN2O5S. The first kappa shape index (κ1) is 21.3. The average molecular weight is 439 g/mol. The number of carbonyl (C=O) groups excluding carboxylic acids is 1. The molecule has 1 aliphatic rings. The summed E-state index contributed by atoms with van der Waals surface area (Å²) in [6, 6.07) is 9.49. The Labute approximate surface area is 175 Å². The van der Waals surface area contributed by atoms with Gasteiger partial charge in [0.1, 0.15) is 5.75 Å². The summed E-state index contributed by atoms with van der Waals surface area (Å²) in [6.45, 7) is 2.03. The summed E-state index contributed by atoms with van der Waals surface area (Å²) in [6.07, 6.45) is 1.07. The summed E-state index contributed by atoms with van der Waals surface area (Å²) in [5, 5.41) is 3.34. The van der Waals surface area contributed by atoms with E-state index >= 15 is 0 Å². The molecule has 1 aliphatic carbocycles. The lowest BCUT2D eigenvalue weighted by atomic mass is 9.87. The van der Waals surface area contributed by atoms with Gasteiger partial charge in [0.25, 0.3) is 10.0 Å². The summed E-state index contributed by atoms with van der Waals surface area (Å²) in [4.78, 5) is 12.0. The monoisotopic (exact) mass is 438 g/mol. The Hall–Kier alpha value is -2.45. The molecule has 3 rings (SSSR count). The van der Waals surface area contributed by atoms with E-state index in [-0.39, 0.29) is 17.5 Å². The molecule has 29 heavy (non-hydrogen) atoms. The van der Waals surface area contributed by atoms with Gasteiger partial charge in [-0.05, 0) is 68.1 Å². The average Bonchev–Trinajstić information content (AvgIpc) is 2.68. The number of hydrogen-bond donors (Lipinski definition) is 2. The Balaban J connectivity index is 1.90. The number of sulfonamides is 1. The molecule has 156 valence electrons. The molecule has 7 nitrogen and oxygen atoms in total. The predicted octanol–water partition coefficient (Wildman–Crippen LogP) is 3.75. The number of methoxy groups -OCH3 is 1. The third-order valence-corrected chi connectivity index (χ3v) is 6.46. The molecule has 1 atom stereocenters. The molecule has 0 heterocycles. The van der Waals surface area contributed by atoms with Gasteiger partial charge in [0.05, 0.1) is 18.6 Å². The fraction of sp³-hybridized carbons (Fsp3) is 0.350. The summed E-state index contributed by atoms with van der Waals surface area (Å²) >= 11 is 5.87. The van der Waals surface area contributed by atoms with Gasteiger partial charge in [-0.15, -0.1) is 0 Å². The lowest BCUT2D eigenvalue weighted by Gasteiger charge is -2.28. The zero-order valence-corrected chi connectivity index (χ0v) is 17.8. The molecule has 0 spiro atoms. The standard InChI is InChI=1S/C20H23ClN2O5S/c1-3-28-20(24)22-15-8-9-16-17(12-15)18(27-2)10-11-19(16)29(25,26)23-14-6-4-13(21)5-7-14/h4-7,10-11,15,23H,3,8-9,12H2,1-2H3,(H,22,24)/t15-/m0/s1. The zero-order valence-electron chi connectivity index (χ0n) is 16.2. The van der Waals surface area contributed by atoms with Crippen LogP contribution < -0.4 is 14.8 Å². The Morgan fingerprint density at radius 2 is 1.90 bits per heavy atom. The second-order valence-corrected chi connectivity index (χ2v) is 8.73. The van der Waals surface area contributed by atoms with Crippen LogP contribution in [0.3, 0.4) is 0 Å². The van der Waals surface area contributed by atoms with Crippen molar-refractivity contribution in [2.45, 2.75) is 37.1 Å². The van der Waals surface area contributed by atoms with Crippen LogP contribution in [0.5, 0.6) is 5.75 Å². The molecule has 0 saturated carbocycles. The Morgan fingerprint density at radius 1 is 1.17 bits per heavy atom. The van der Waals surface area contributed by atoms with E-state index in [1.54, 1.807) is 43.3 Å². The summed E-state index contributed by atoms with van der Waals surface area (Å²) in [7, 11) is -2.26. The second-order valence-electron chi connectivity index (χ2n) is 6.64. The molecule has 0 aromatic heterocycles. The first-order valence-electron chi connectivity index (χ1n) is 9.24. The van der Waals surface area contributed by atoms with E-state index in [4.69, 9.17) is 21.1 Å². The molecule has 9 heteroatoms. The Kier molecular flexibility index (Phi) is 6.54. The fourth-order valence-corrected chi connectivity index (χ4v) is 4.93. The molecule has 0 aliphatic heterocycles. The maximum atomic E-state index is 13.0. The minimum atomic E-state index is -3.80. The van der Waals surface area contributed by atoms with Crippen molar-refractivity contribution in [1.82, 2.24) is 5.32 Å². The highest BCUT2D eigenvalue weighted by atomic mass is 35.5. The number of hydrogen-bond acceptors (Lipinski definition) is 5. The van der Waals surface area contributed by atoms with Crippen LogP contribution in [0.2, 0.25) is 5.02 Å². The SMILES string of the molecule is CCOC(=O)N[C@H]1CCc2c(S(=O)(=O)Nc3ccc(Cl)cc3)ccc(OC)c2C1. The van der Waals surface area contributed by atoms with Crippen molar-refractivity contribution < 1.29 is 22.7 Å². The third kappa shape index (κ3) is 4.94. The van der Waals surface area contributed by atoms with Crippen LogP contribution in [0.25, 0.3) is 0 Å². The summed E-state index contributed by atoms with van der Waals surface area (Å²) < 4.78 is 39.0. The van der Waals surface area contributed by atoms with E-state index in [1.807, 2.05) is 0 Å². The van der Waals surface area contributed by atoms with Crippen LogP contribution in [0.1, 0.15) is 24.5 Å². The highest BCUT2D eigenvalue weighted by Gasteiger charge is 2.29. The van der Waals surface area contributed by atoms with Crippen LogP contribution in [0.15, 0.2) is 41.3 Å². The largest absolute Gasteiger partial charge is 0.496 e. The number of fused-ring (bicyclic) bond motifs is 1. The summed E-state index contributed by atoms with van der Waals surface area (Å²) in [5.41, 5.74) is 1.91. The van der Waals surface area contributed by atoms with Gasteiger partial charge < -0.3 is 14.8 Å². The second kappa shape index (κ2) is 8.92. The highest BCUT2D eigenvalue weighted by molar-refractivity contribution is 7.92. The van der Waals surface area contributed by atoms with Gasteiger partial charge in [-0.1, -0.05) is 11.6 Å². The number of alkyl carbamates (subject to hydrolysis) is 1. The number of anilines is 1. The molecule has 2 aromatic rings. The van der Waals surface area contributed by atoms with Gasteiger partial charge in [0.15, 0.2) is 0 Å². The third-order valence-electron chi connectivity index (χ3n) is 4.74. The molecular weight excluding hydrogens is 416 g/mol. The number of nitrogens with one attached hydrogen (secondary N) is 2. The molecule has 0 bridgehead atoms. The van der Waals surface area contributed by atoms with Crippen LogP contribution in [-0.4, -0.2) is 34.3 Å². The van der Waals surface area contributed by atoms with Crippen molar-refractivity contribution in [3.05, 3.63) is 52.5 Å². The minimum absolute atomic E-state index is 0.155. The number of carbonyl (C=O) groups is 1. The highest BCUT2D eigenvalue weighted by Crippen LogP contribution is 2.35.